The monoisotopic (exact) mass is 339 g/mol. The Hall–Kier alpha value is -1.07. The van der Waals surface area contributed by atoms with Gasteiger partial charge in [0, 0.05) is 15.8 Å². The maximum atomic E-state index is 8.95. The number of benzene rings is 2. The van der Waals surface area contributed by atoms with E-state index in [2.05, 4.69) is 52.2 Å². The first kappa shape index (κ1) is 12.4. The van der Waals surface area contributed by atoms with Gasteiger partial charge < -0.3 is 10.4 Å². The molecule has 0 radical (unpaired) electrons. The van der Waals surface area contributed by atoms with Gasteiger partial charge in [-0.05, 0) is 58.0 Å². The molecular weight excluding hydrogens is 325 g/mol. The predicted octanol–water partition coefficient (Wildman–Crippen LogP) is 3.40. The van der Waals surface area contributed by atoms with Gasteiger partial charge in [-0.3, -0.25) is 0 Å². The molecule has 0 saturated heterocycles. The summed E-state index contributed by atoms with van der Waals surface area (Å²) in [4.78, 5) is 0. The van der Waals surface area contributed by atoms with Crippen LogP contribution in [0, 0.1) is 3.57 Å². The average Bonchev–Trinajstić information content (AvgIpc) is 2.39. The maximum absolute atomic E-state index is 8.95. The molecule has 0 unspecified atom stereocenters. The van der Waals surface area contributed by atoms with Crippen LogP contribution < -0.4 is 5.32 Å². The number of hydrogen-bond donors (Lipinski definition) is 2. The van der Waals surface area contributed by atoms with Crippen LogP contribution in [0.4, 0.5) is 5.69 Å². The predicted molar refractivity (Wildman–Crippen MR) is 78.9 cm³/mol. The van der Waals surface area contributed by atoms with E-state index in [-0.39, 0.29) is 6.61 Å². The number of aliphatic hydroxyl groups is 1. The largest absolute Gasteiger partial charge is 0.392 e. The zero-order valence-electron chi connectivity index (χ0n) is 9.36. The van der Waals surface area contributed by atoms with E-state index in [4.69, 9.17) is 5.11 Å². The molecule has 0 saturated carbocycles. The number of nitrogens with one attached hydrogen (secondary N) is 1. The van der Waals surface area contributed by atoms with Crippen LogP contribution in [-0.2, 0) is 13.2 Å². The summed E-state index contributed by atoms with van der Waals surface area (Å²) < 4.78 is 1.24. The molecule has 0 spiro atoms. The lowest BCUT2D eigenvalue weighted by Gasteiger charge is -2.07. The molecule has 0 bridgehead atoms. The summed E-state index contributed by atoms with van der Waals surface area (Å²) in [5.74, 6) is 0. The highest BCUT2D eigenvalue weighted by Crippen LogP contribution is 2.13. The third kappa shape index (κ3) is 3.71. The summed E-state index contributed by atoms with van der Waals surface area (Å²) in [6, 6.07) is 16.3. The van der Waals surface area contributed by atoms with Gasteiger partial charge in [0.2, 0.25) is 0 Å². The quantitative estimate of drug-likeness (QED) is 0.837. The van der Waals surface area contributed by atoms with Crippen LogP contribution in [-0.4, -0.2) is 5.11 Å². The highest BCUT2D eigenvalue weighted by atomic mass is 127. The van der Waals surface area contributed by atoms with E-state index in [0.29, 0.717) is 0 Å². The number of hydrogen-bond acceptors (Lipinski definition) is 2. The summed E-state index contributed by atoms with van der Waals surface area (Å²) in [7, 11) is 0. The lowest BCUT2D eigenvalue weighted by molar-refractivity contribution is 0.282. The minimum atomic E-state index is 0.102. The topological polar surface area (TPSA) is 32.3 Å². The van der Waals surface area contributed by atoms with Crippen molar-refractivity contribution in [2.24, 2.45) is 0 Å². The van der Waals surface area contributed by atoms with E-state index in [9.17, 15) is 0 Å². The molecule has 0 heterocycles. The molecule has 2 aromatic carbocycles. The Kier molecular flexibility index (Phi) is 4.39. The summed E-state index contributed by atoms with van der Waals surface area (Å²) >= 11 is 2.29. The van der Waals surface area contributed by atoms with Crippen molar-refractivity contribution >= 4 is 28.3 Å². The van der Waals surface area contributed by atoms with Crippen molar-refractivity contribution in [1.29, 1.82) is 0 Å². The van der Waals surface area contributed by atoms with Crippen LogP contribution in [0.3, 0.4) is 0 Å². The van der Waals surface area contributed by atoms with Crippen LogP contribution in [0.2, 0.25) is 0 Å². The molecule has 0 aliphatic heterocycles. The van der Waals surface area contributed by atoms with Crippen LogP contribution >= 0.6 is 22.6 Å². The van der Waals surface area contributed by atoms with Crippen molar-refractivity contribution < 1.29 is 5.11 Å². The Balaban J connectivity index is 1.95. The fourth-order valence-electron chi connectivity index (χ4n) is 1.53. The Bertz CT molecular complexity index is 465. The maximum Gasteiger partial charge on any atom is 0.0681 e. The van der Waals surface area contributed by atoms with E-state index >= 15 is 0 Å². The third-order valence-corrected chi connectivity index (χ3v) is 3.27. The lowest BCUT2D eigenvalue weighted by Crippen LogP contribution is -1.99. The van der Waals surface area contributed by atoms with Gasteiger partial charge in [-0.15, -0.1) is 0 Å². The first-order valence-electron chi connectivity index (χ1n) is 5.46. The number of aliphatic hydroxyl groups excluding tert-OH is 1. The highest BCUT2D eigenvalue weighted by molar-refractivity contribution is 14.1. The van der Waals surface area contributed by atoms with Crippen LogP contribution in [0.15, 0.2) is 48.5 Å². The van der Waals surface area contributed by atoms with Crippen molar-refractivity contribution in [3.05, 3.63) is 63.2 Å². The zero-order chi connectivity index (χ0) is 12.1. The normalized spacial score (nSPS) is 10.2. The van der Waals surface area contributed by atoms with E-state index < -0.39 is 0 Å². The molecule has 2 nitrogen and oxygen atoms in total. The van der Waals surface area contributed by atoms with Crippen LogP contribution in [0.25, 0.3) is 0 Å². The molecule has 88 valence electrons. The summed E-state index contributed by atoms with van der Waals surface area (Å²) in [5, 5.41) is 12.3. The van der Waals surface area contributed by atoms with Crippen LogP contribution in [0.5, 0.6) is 0 Å². The molecule has 3 heteroatoms. The highest BCUT2D eigenvalue weighted by Gasteiger charge is 1.95. The molecule has 0 aliphatic carbocycles. The number of rotatable bonds is 4. The van der Waals surface area contributed by atoms with E-state index in [1.807, 2.05) is 24.3 Å². The minimum Gasteiger partial charge on any atom is -0.392 e. The van der Waals surface area contributed by atoms with Crippen LogP contribution in [0.1, 0.15) is 11.1 Å². The van der Waals surface area contributed by atoms with Gasteiger partial charge >= 0.3 is 0 Å². The van der Waals surface area contributed by atoms with Gasteiger partial charge in [-0.2, -0.15) is 0 Å². The van der Waals surface area contributed by atoms with E-state index in [1.54, 1.807) is 0 Å². The second kappa shape index (κ2) is 6.02. The molecule has 0 aliphatic rings. The Morgan fingerprint density at radius 1 is 0.882 bits per heavy atom. The van der Waals surface area contributed by atoms with Gasteiger partial charge in [-0.25, -0.2) is 0 Å². The Labute approximate surface area is 115 Å². The van der Waals surface area contributed by atoms with Crippen molar-refractivity contribution in [3.8, 4) is 0 Å². The van der Waals surface area contributed by atoms with Crippen molar-refractivity contribution in [2.75, 3.05) is 5.32 Å². The summed E-state index contributed by atoms with van der Waals surface area (Å²) in [6.07, 6.45) is 0. The number of halogens is 1. The van der Waals surface area contributed by atoms with Gasteiger partial charge in [0.05, 0.1) is 6.61 Å². The second-order valence-electron chi connectivity index (χ2n) is 3.84. The second-order valence-corrected chi connectivity index (χ2v) is 5.08. The molecule has 2 N–H and O–H groups in total. The molecule has 0 atom stereocenters. The van der Waals surface area contributed by atoms with E-state index in [0.717, 1.165) is 17.8 Å². The molecule has 2 rings (SSSR count). The third-order valence-electron chi connectivity index (χ3n) is 2.55. The first-order valence-corrected chi connectivity index (χ1v) is 6.54. The lowest BCUT2D eigenvalue weighted by atomic mass is 10.1. The molecular formula is C14H14INO. The molecule has 2 aromatic rings. The van der Waals surface area contributed by atoms with Crippen molar-refractivity contribution in [1.82, 2.24) is 0 Å². The summed E-state index contributed by atoms with van der Waals surface area (Å²) in [5.41, 5.74) is 3.28. The van der Waals surface area contributed by atoms with Crippen molar-refractivity contribution in [2.45, 2.75) is 13.2 Å². The van der Waals surface area contributed by atoms with E-state index in [1.165, 1.54) is 9.13 Å². The van der Waals surface area contributed by atoms with Crippen molar-refractivity contribution in [3.63, 3.8) is 0 Å². The Morgan fingerprint density at radius 3 is 2.06 bits per heavy atom. The molecule has 0 aromatic heterocycles. The standard InChI is InChI=1S/C14H14INO/c15-13-5-7-14(8-6-13)16-9-11-1-3-12(10-17)4-2-11/h1-8,16-17H,9-10H2. The fourth-order valence-corrected chi connectivity index (χ4v) is 1.89. The molecule has 17 heavy (non-hydrogen) atoms. The SMILES string of the molecule is OCc1ccc(CNc2ccc(I)cc2)cc1. The molecule has 0 fully saturated rings. The molecule has 0 amide bonds. The number of anilines is 1. The van der Waals surface area contributed by atoms with Gasteiger partial charge in [0.15, 0.2) is 0 Å². The average molecular weight is 339 g/mol. The smallest absolute Gasteiger partial charge is 0.0681 e. The Morgan fingerprint density at radius 2 is 1.47 bits per heavy atom. The zero-order valence-corrected chi connectivity index (χ0v) is 11.5. The fraction of sp³-hybridized carbons (Fsp3) is 0.143. The minimum absolute atomic E-state index is 0.102. The van der Waals surface area contributed by atoms with Gasteiger partial charge in [0.1, 0.15) is 0 Å². The van der Waals surface area contributed by atoms with Gasteiger partial charge in [0.25, 0.3) is 0 Å². The summed E-state index contributed by atoms with van der Waals surface area (Å²) in [6.45, 7) is 0.900. The van der Waals surface area contributed by atoms with Gasteiger partial charge in [-0.1, -0.05) is 24.3 Å². The first-order chi connectivity index (χ1) is 8.28.